The lowest BCUT2D eigenvalue weighted by molar-refractivity contribution is -0.130. The molecule has 2 fully saturated rings. The highest BCUT2D eigenvalue weighted by Crippen LogP contribution is 2.36. The molecule has 0 radical (unpaired) electrons. The van der Waals surface area contributed by atoms with E-state index in [0.717, 1.165) is 39.0 Å². The van der Waals surface area contributed by atoms with E-state index < -0.39 is 0 Å². The fourth-order valence-corrected chi connectivity index (χ4v) is 4.26. The second kappa shape index (κ2) is 4.88. The normalized spacial score (nSPS) is 31.4. The van der Waals surface area contributed by atoms with Gasteiger partial charge in [-0.2, -0.15) is 0 Å². The van der Waals surface area contributed by atoms with Crippen LogP contribution in [0.5, 0.6) is 0 Å². The Balaban J connectivity index is 1.42. The number of hydrogen-bond acceptors (Lipinski definition) is 2. The maximum atomic E-state index is 12.5. The number of benzene rings is 1. The van der Waals surface area contributed by atoms with Crippen LogP contribution in [0.25, 0.3) is 0 Å². The van der Waals surface area contributed by atoms with Gasteiger partial charge in [0.05, 0.1) is 0 Å². The van der Waals surface area contributed by atoms with Gasteiger partial charge in [-0.3, -0.25) is 4.79 Å². The van der Waals surface area contributed by atoms with Crippen molar-refractivity contribution in [3.63, 3.8) is 0 Å². The third kappa shape index (κ3) is 2.05. The summed E-state index contributed by atoms with van der Waals surface area (Å²) in [5.41, 5.74) is 2.87. The number of aryl methyl sites for hydroxylation is 1. The van der Waals surface area contributed by atoms with Gasteiger partial charge in [0, 0.05) is 32.6 Å². The summed E-state index contributed by atoms with van der Waals surface area (Å²) >= 11 is 0. The minimum absolute atomic E-state index is 0.376. The number of amides is 1. The van der Waals surface area contributed by atoms with E-state index in [1.807, 2.05) is 0 Å². The van der Waals surface area contributed by atoms with Gasteiger partial charge in [-0.15, -0.1) is 0 Å². The quantitative estimate of drug-likeness (QED) is 0.888. The lowest BCUT2D eigenvalue weighted by atomic mass is 9.97. The Hall–Kier alpha value is -1.35. The molecule has 0 unspecified atom stereocenters. The maximum Gasteiger partial charge on any atom is 0.223 e. The molecule has 3 aliphatic rings. The highest BCUT2D eigenvalue weighted by Gasteiger charge is 2.38. The maximum absolute atomic E-state index is 12.5. The van der Waals surface area contributed by atoms with Gasteiger partial charge < -0.3 is 10.2 Å². The number of carbonyl (C=O) groups is 1. The number of nitrogens with one attached hydrogen (secondary N) is 1. The number of nitrogens with zero attached hydrogens (tertiary/aromatic N) is 1. The van der Waals surface area contributed by atoms with Crippen LogP contribution in [0.15, 0.2) is 24.3 Å². The van der Waals surface area contributed by atoms with Crippen molar-refractivity contribution in [1.82, 2.24) is 10.2 Å². The highest BCUT2D eigenvalue weighted by atomic mass is 16.2. The molecule has 1 amide bonds. The van der Waals surface area contributed by atoms with Crippen LogP contribution in [0.1, 0.15) is 29.9 Å². The molecule has 1 aromatic carbocycles. The van der Waals surface area contributed by atoms with Crippen LogP contribution in [0.3, 0.4) is 0 Å². The molecule has 0 spiro atoms. The summed E-state index contributed by atoms with van der Waals surface area (Å²) < 4.78 is 0. The second-order valence-corrected chi connectivity index (χ2v) is 6.62. The summed E-state index contributed by atoms with van der Waals surface area (Å²) in [7, 11) is 0. The van der Waals surface area contributed by atoms with Crippen molar-refractivity contribution in [1.29, 1.82) is 0 Å². The van der Waals surface area contributed by atoms with E-state index in [1.165, 1.54) is 11.1 Å². The van der Waals surface area contributed by atoms with Crippen LogP contribution in [-0.4, -0.2) is 37.0 Å². The first-order valence-electron chi connectivity index (χ1n) is 7.87. The average molecular weight is 270 g/mol. The molecule has 106 valence electrons. The highest BCUT2D eigenvalue weighted by molar-refractivity contribution is 5.77. The fraction of sp³-hybridized carbons (Fsp3) is 0.588. The molecular formula is C17H22N2O. The van der Waals surface area contributed by atoms with Gasteiger partial charge in [-0.25, -0.2) is 0 Å². The summed E-state index contributed by atoms with van der Waals surface area (Å²) in [5, 5.41) is 3.43. The van der Waals surface area contributed by atoms with Crippen molar-refractivity contribution in [2.24, 2.45) is 11.8 Å². The monoisotopic (exact) mass is 270 g/mol. The summed E-state index contributed by atoms with van der Waals surface area (Å²) in [5.74, 6) is 2.24. The molecule has 3 nitrogen and oxygen atoms in total. The molecule has 20 heavy (non-hydrogen) atoms. The van der Waals surface area contributed by atoms with Gasteiger partial charge >= 0.3 is 0 Å². The van der Waals surface area contributed by atoms with E-state index in [2.05, 4.69) is 34.5 Å². The summed E-state index contributed by atoms with van der Waals surface area (Å²) in [6.45, 7) is 4.15. The number of fused-ring (bicyclic) bond motifs is 2. The SMILES string of the molecule is O=C(C[C@@H]1CCc2ccccc21)N1C[C@H]2CNC[C@H]2C1. The number of hydrogen-bond donors (Lipinski definition) is 1. The standard InChI is InChI=1S/C17H22N2O/c20-17(19-10-14-8-18-9-15(14)11-19)7-13-6-5-12-3-1-2-4-16(12)13/h1-4,13-15,18H,5-11H2/t13-,14-,15+/m0/s1. The molecule has 1 aliphatic carbocycles. The molecule has 1 aromatic rings. The van der Waals surface area contributed by atoms with Gasteiger partial charge in [0.15, 0.2) is 0 Å². The molecule has 0 bridgehead atoms. The Morgan fingerprint density at radius 3 is 2.75 bits per heavy atom. The van der Waals surface area contributed by atoms with Crippen LogP contribution in [0.2, 0.25) is 0 Å². The largest absolute Gasteiger partial charge is 0.342 e. The van der Waals surface area contributed by atoms with E-state index in [4.69, 9.17) is 0 Å². The molecule has 3 heteroatoms. The zero-order valence-corrected chi connectivity index (χ0v) is 11.8. The minimum atomic E-state index is 0.376. The Labute approximate surface area is 120 Å². The molecule has 0 saturated carbocycles. The van der Waals surface area contributed by atoms with E-state index >= 15 is 0 Å². The third-order valence-corrected chi connectivity index (χ3v) is 5.42. The van der Waals surface area contributed by atoms with Crippen LogP contribution >= 0.6 is 0 Å². The average Bonchev–Trinajstić information content (AvgIpc) is 3.12. The molecule has 1 N–H and O–H groups in total. The predicted molar refractivity (Wildman–Crippen MR) is 78.6 cm³/mol. The van der Waals surface area contributed by atoms with Gasteiger partial charge in [-0.1, -0.05) is 24.3 Å². The summed E-state index contributed by atoms with van der Waals surface area (Å²) in [4.78, 5) is 14.7. The first-order chi connectivity index (χ1) is 9.81. The smallest absolute Gasteiger partial charge is 0.223 e. The molecule has 2 saturated heterocycles. The van der Waals surface area contributed by atoms with Crippen LogP contribution in [0.4, 0.5) is 0 Å². The van der Waals surface area contributed by atoms with E-state index in [0.29, 0.717) is 30.1 Å². The summed E-state index contributed by atoms with van der Waals surface area (Å²) in [6.07, 6.45) is 3.00. The van der Waals surface area contributed by atoms with Crippen molar-refractivity contribution in [3.05, 3.63) is 35.4 Å². The van der Waals surface area contributed by atoms with E-state index in [9.17, 15) is 4.79 Å². The Kier molecular flexibility index (Phi) is 3.03. The Bertz CT molecular complexity index is 515. The van der Waals surface area contributed by atoms with E-state index in [1.54, 1.807) is 0 Å². The first-order valence-corrected chi connectivity index (χ1v) is 7.87. The molecular weight excluding hydrogens is 248 g/mol. The first kappa shape index (κ1) is 12.4. The van der Waals surface area contributed by atoms with Gasteiger partial charge in [0.25, 0.3) is 0 Å². The number of carbonyl (C=O) groups excluding carboxylic acids is 1. The van der Waals surface area contributed by atoms with Gasteiger partial charge in [0.2, 0.25) is 5.91 Å². The lowest BCUT2D eigenvalue weighted by Gasteiger charge is -2.20. The molecule has 2 heterocycles. The fourth-order valence-electron chi connectivity index (χ4n) is 4.26. The predicted octanol–water partition coefficient (Wildman–Crippen LogP) is 1.78. The number of rotatable bonds is 2. The Morgan fingerprint density at radius 1 is 1.20 bits per heavy atom. The van der Waals surface area contributed by atoms with E-state index in [-0.39, 0.29) is 0 Å². The molecule has 4 rings (SSSR count). The van der Waals surface area contributed by atoms with Gasteiger partial charge in [0.1, 0.15) is 0 Å². The van der Waals surface area contributed by atoms with Crippen LogP contribution in [-0.2, 0) is 11.2 Å². The van der Waals surface area contributed by atoms with Crippen molar-refractivity contribution >= 4 is 5.91 Å². The van der Waals surface area contributed by atoms with Crippen molar-refractivity contribution in [3.8, 4) is 0 Å². The minimum Gasteiger partial charge on any atom is -0.342 e. The Morgan fingerprint density at radius 2 is 1.95 bits per heavy atom. The van der Waals surface area contributed by atoms with Gasteiger partial charge in [-0.05, 0) is 41.7 Å². The van der Waals surface area contributed by atoms with Crippen molar-refractivity contribution in [2.75, 3.05) is 26.2 Å². The number of likely N-dealkylation sites (tertiary alicyclic amines) is 1. The topological polar surface area (TPSA) is 32.3 Å². The molecule has 3 atom stereocenters. The zero-order chi connectivity index (χ0) is 13.5. The molecule has 0 aromatic heterocycles. The van der Waals surface area contributed by atoms with Crippen LogP contribution in [0, 0.1) is 11.8 Å². The summed E-state index contributed by atoms with van der Waals surface area (Å²) in [6, 6.07) is 8.64. The molecule has 2 aliphatic heterocycles. The third-order valence-electron chi connectivity index (χ3n) is 5.42. The zero-order valence-electron chi connectivity index (χ0n) is 11.8. The second-order valence-electron chi connectivity index (χ2n) is 6.62. The lowest BCUT2D eigenvalue weighted by Crippen LogP contribution is -2.32. The van der Waals surface area contributed by atoms with Crippen molar-refractivity contribution < 1.29 is 4.79 Å². The van der Waals surface area contributed by atoms with Crippen molar-refractivity contribution in [2.45, 2.75) is 25.2 Å². The van der Waals surface area contributed by atoms with Crippen LogP contribution < -0.4 is 5.32 Å².